The van der Waals surface area contributed by atoms with Crippen molar-refractivity contribution in [1.82, 2.24) is 10.2 Å². The molecule has 3 N–H and O–H groups in total. The summed E-state index contributed by atoms with van der Waals surface area (Å²) in [5.41, 5.74) is -0.0492. The number of nitrogens with zero attached hydrogens (tertiary/aromatic N) is 1. The fraction of sp³-hybridized carbons (Fsp3) is 0.304. The monoisotopic (exact) mass is 456 g/mol. The number of amides is 3. The number of urea groups is 1. The molecular weight excluding hydrogens is 434 g/mol. The number of fused-ring (bicyclic) bond motifs is 4. The van der Waals surface area contributed by atoms with Crippen molar-refractivity contribution in [2.24, 2.45) is 5.92 Å². The molecule has 1 aromatic heterocycles. The molecule has 166 valence electrons. The normalized spacial score (nSPS) is 22.0. The van der Waals surface area contributed by atoms with Crippen LogP contribution in [-0.4, -0.2) is 42.5 Å². The van der Waals surface area contributed by atoms with E-state index in [0.29, 0.717) is 16.5 Å². The predicted octanol–water partition coefficient (Wildman–Crippen LogP) is 4.65. The van der Waals surface area contributed by atoms with Crippen molar-refractivity contribution in [3.05, 3.63) is 59.0 Å². The second-order valence-corrected chi connectivity index (χ2v) is 9.34. The Balaban J connectivity index is 1.26. The van der Waals surface area contributed by atoms with E-state index >= 15 is 0 Å². The molecule has 3 saturated heterocycles. The van der Waals surface area contributed by atoms with Crippen LogP contribution in [0.1, 0.15) is 22.5 Å². The second-order valence-electron chi connectivity index (χ2n) is 8.26. The van der Waals surface area contributed by atoms with Crippen molar-refractivity contribution in [2.75, 3.05) is 30.3 Å². The first-order chi connectivity index (χ1) is 15.5. The van der Waals surface area contributed by atoms with Gasteiger partial charge in [0.2, 0.25) is 0 Å². The maximum absolute atomic E-state index is 13.7. The van der Waals surface area contributed by atoms with Crippen molar-refractivity contribution in [3.63, 3.8) is 0 Å². The molecule has 1 unspecified atom stereocenters. The minimum Gasteiger partial charge on any atom is -0.347 e. The molecule has 0 spiro atoms. The molecule has 3 fully saturated rings. The van der Waals surface area contributed by atoms with Gasteiger partial charge in [-0.25, -0.2) is 13.6 Å². The number of hydrogen-bond acceptors (Lipinski definition) is 4. The number of piperidine rings is 3. The van der Waals surface area contributed by atoms with Crippen LogP contribution in [-0.2, 0) is 0 Å². The van der Waals surface area contributed by atoms with E-state index in [1.54, 1.807) is 18.2 Å². The van der Waals surface area contributed by atoms with Crippen LogP contribution < -0.4 is 16.0 Å². The first-order valence-electron chi connectivity index (χ1n) is 10.5. The van der Waals surface area contributed by atoms with Crippen LogP contribution in [0.4, 0.5) is 25.0 Å². The third-order valence-electron chi connectivity index (χ3n) is 6.18. The third kappa shape index (κ3) is 4.18. The number of carbonyl (C=O) groups excluding carboxylic acids is 2. The summed E-state index contributed by atoms with van der Waals surface area (Å²) < 4.78 is 28.3. The quantitative estimate of drug-likeness (QED) is 0.535. The van der Waals surface area contributed by atoms with Crippen molar-refractivity contribution < 1.29 is 18.4 Å². The van der Waals surface area contributed by atoms with Crippen molar-refractivity contribution >= 4 is 44.7 Å². The number of benzene rings is 2. The van der Waals surface area contributed by atoms with Crippen LogP contribution in [0.15, 0.2) is 42.5 Å². The van der Waals surface area contributed by atoms with Crippen LogP contribution >= 0.6 is 11.3 Å². The van der Waals surface area contributed by atoms with Gasteiger partial charge in [-0.2, -0.15) is 0 Å². The Bertz CT molecular complexity index is 1170. The zero-order valence-electron chi connectivity index (χ0n) is 17.2. The number of halogens is 2. The lowest BCUT2D eigenvalue weighted by Crippen LogP contribution is -2.57. The van der Waals surface area contributed by atoms with Gasteiger partial charge < -0.3 is 20.9 Å². The highest BCUT2D eigenvalue weighted by Crippen LogP contribution is 2.31. The zero-order chi connectivity index (χ0) is 22.2. The molecule has 32 heavy (non-hydrogen) atoms. The average Bonchev–Trinajstić information content (AvgIpc) is 3.21. The molecular formula is C23H22F2N4O2S. The van der Waals surface area contributed by atoms with E-state index in [2.05, 4.69) is 20.9 Å². The Hall–Kier alpha value is -3.04. The van der Waals surface area contributed by atoms with Gasteiger partial charge >= 0.3 is 6.03 Å². The number of thiophene rings is 1. The van der Waals surface area contributed by atoms with E-state index in [4.69, 9.17) is 0 Å². The number of anilines is 2. The molecule has 6 nitrogen and oxygen atoms in total. The van der Waals surface area contributed by atoms with Gasteiger partial charge in [0.15, 0.2) is 0 Å². The van der Waals surface area contributed by atoms with Gasteiger partial charge in [0.25, 0.3) is 5.91 Å². The van der Waals surface area contributed by atoms with Crippen molar-refractivity contribution in [3.8, 4) is 0 Å². The molecule has 2 aromatic carbocycles. The summed E-state index contributed by atoms with van der Waals surface area (Å²) in [7, 11) is 0. The van der Waals surface area contributed by atoms with Gasteiger partial charge in [-0.05, 0) is 67.6 Å². The number of para-hydroxylation sites is 1. The van der Waals surface area contributed by atoms with E-state index < -0.39 is 23.4 Å². The Morgan fingerprint density at radius 2 is 1.75 bits per heavy atom. The first-order valence-corrected chi connectivity index (χ1v) is 11.4. The van der Waals surface area contributed by atoms with Crippen LogP contribution in [0.5, 0.6) is 0 Å². The molecule has 0 saturated carbocycles. The predicted molar refractivity (Wildman–Crippen MR) is 121 cm³/mol. The van der Waals surface area contributed by atoms with Crippen LogP contribution in [0.2, 0.25) is 0 Å². The fourth-order valence-electron chi connectivity index (χ4n) is 4.48. The van der Waals surface area contributed by atoms with Crippen molar-refractivity contribution in [1.29, 1.82) is 0 Å². The Morgan fingerprint density at radius 3 is 2.44 bits per heavy atom. The first kappa shape index (κ1) is 20.8. The van der Waals surface area contributed by atoms with Gasteiger partial charge in [-0.15, -0.1) is 11.3 Å². The van der Waals surface area contributed by atoms with E-state index in [0.717, 1.165) is 54.7 Å². The highest BCUT2D eigenvalue weighted by atomic mass is 32.1. The van der Waals surface area contributed by atoms with Gasteiger partial charge in [0, 0.05) is 23.0 Å². The topological polar surface area (TPSA) is 73.5 Å². The maximum Gasteiger partial charge on any atom is 0.323 e. The Labute approximate surface area is 187 Å². The van der Waals surface area contributed by atoms with E-state index in [1.807, 2.05) is 6.07 Å². The van der Waals surface area contributed by atoms with E-state index in [-0.39, 0.29) is 11.9 Å². The lowest BCUT2D eigenvalue weighted by atomic mass is 9.84. The van der Waals surface area contributed by atoms with Crippen LogP contribution in [0, 0.1) is 17.6 Å². The molecule has 3 amide bonds. The molecule has 2 bridgehead atoms. The summed E-state index contributed by atoms with van der Waals surface area (Å²) in [6.07, 6.45) is 2.26. The lowest BCUT2D eigenvalue weighted by Gasteiger charge is -2.44. The van der Waals surface area contributed by atoms with E-state index in [9.17, 15) is 18.4 Å². The number of carbonyl (C=O) groups is 2. The number of hydrogen-bond donors (Lipinski definition) is 3. The highest BCUT2D eigenvalue weighted by molar-refractivity contribution is 7.20. The van der Waals surface area contributed by atoms with E-state index in [1.165, 1.54) is 17.4 Å². The largest absolute Gasteiger partial charge is 0.347 e. The van der Waals surface area contributed by atoms with Gasteiger partial charge in [0.1, 0.15) is 17.3 Å². The van der Waals surface area contributed by atoms with Gasteiger partial charge in [-0.3, -0.25) is 4.79 Å². The standard InChI is InChI=1S/C23H22F2N4O2S/c24-16-2-1-3-17(25)21(16)28-23(31)26-15-5-4-14-10-20(32-19(14)11-15)22(30)27-18-12-29-8-6-13(18)7-9-29/h1-5,10-11,13,18H,6-9,12H2,(H,27,30)(H2,26,28,31). The lowest BCUT2D eigenvalue weighted by molar-refractivity contribution is 0.0622. The summed E-state index contributed by atoms with van der Waals surface area (Å²) in [5.74, 6) is -1.24. The zero-order valence-corrected chi connectivity index (χ0v) is 18.0. The number of rotatable bonds is 4. The average molecular weight is 457 g/mol. The SMILES string of the molecule is O=C(Nc1ccc2cc(C(=O)NC3CN4CCC3CC4)sc2c1)Nc1c(F)cccc1F. The molecule has 9 heteroatoms. The highest BCUT2D eigenvalue weighted by Gasteiger charge is 2.35. The Morgan fingerprint density at radius 1 is 1.00 bits per heavy atom. The molecule has 1 atom stereocenters. The maximum atomic E-state index is 13.7. The summed E-state index contributed by atoms with van der Waals surface area (Å²) in [5, 5.41) is 8.85. The molecule has 0 radical (unpaired) electrons. The van der Waals surface area contributed by atoms with Gasteiger partial charge in [-0.1, -0.05) is 12.1 Å². The summed E-state index contributed by atoms with van der Waals surface area (Å²) in [6.45, 7) is 3.15. The minimum absolute atomic E-state index is 0.0766. The number of nitrogens with one attached hydrogen (secondary N) is 3. The summed E-state index contributed by atoms with van der Waals surface area (Å²) in [6, 6.07) is 9.86. The molecule has 3 aliphatic rings. The smallest absolute Gasteiger partial charge is 0.323 e. The molecule has 3 aromatic rings. The van der Waals surface area contributed by atoms with Gasteiger partial charge in [0.05, 0.1) is 4.88 Å². The summed E-state index contributed by atoms with van der Waals surface area (Å²) in [4.78, 5) is 28.0. The Kier molecular flexibility index (Phi) is 5.52. The molecule has 4 heterocycles. The third-order valence-corrected chi connectivity index (χ3v) is 7.27. The molecule has 0 aliphatic carbocycles. The minimum atomic E-state index is -0.854. The van der Waals surface area contributed by atoms with Crippen LogP contribution in [0.25, 0.3) is 10.1 Å². The second kappa shape index (κ2) is 8.48. The van der Waals surface area contributed by atoms with Crippen molar-refractivity contribution in [2.45, 2.75) is 18.9 Å². The fourth-order valence-corrected chi connectivity index (χ4v) is 5.49. The molecule has 6 rings (SSSR count). The summed E-state index contributed by atoms with van der Waals surface area (Å²) >= 11 is 1.35. The van der Waals surface area contributed by atoms with Crippen LogP contribution in [0.3, 0.4) is 0 Å². The molecule has 3 aliphatic heterocycles.